The second-order valence-corrected chi connectivity index (χ2v) is 7.46. The smallest absolute Gasteiger partial charge is 0.254 e. The summed E-state index contributed by atoms with van der Waals surface area (Å²) in [6.45, 7) is 4.89. The third-order valence-electron chi connectivity index (χ3n) is 5.29. The number of carbonyl (C=O) groups excluding carboxylic acids is 1. The molecule has 3 aromatic carbocycles. The molecule has 0 aliphatic carbocycles. The molecule has 1 unspecified atom stereocenters. The summed E-state index contributed by atoms with van der Waals surface area (Å²) in [4.78, 5) is 14.9. The number of hydrogen-bond acceptors (Lipinski definition) is 3. The zero-order valence-corrected chi connectivity index (χ0v) is 18.2. The maximum Gasteiger partial charge on any atom is 0.254 e. The molecule has 0 saturated carbocycles. The lowest BCUT2D eigenvalue weighted by Crippen LogP contribution is -2.37. The van der Waals surface area contributed by atoms with Gasteiger partial charge >= 0.3 is 0 Å². The normalized spacial score (nSPS) is 11.6. The van der Waals surface area contributed by atoms with E-state index in [0.717, 1.165) is 17.5 Å². The Balaban J connectivity index is 1.81. The first-order valence-electron chi connectivity index (χ1n) is 10.4. The third kappa shape index (κ3) is 5.85. The molecule has 0 aliphatic rings. The summed E-state index contributed by atoms with van der Waals surface area (Å²) in [5.41, 5.74) is 2.46. The van der Waals surface area contributed by atoms with Crippen molar-refractivity contribution in [3.8, 4) is 11.5 Å². The van der Waals surface area contributed by atoms with E-state index < -0.39 is 0 Å². The van der Waals surface area contributed by atoms with Crippen LogP contribution in [0.15, 0.2) is 72.8 Å². The third-order valence-corrected chi connectivity index (χ3v) is 5.29. The lowest BCUT2D eigenvalue weighted by atomic mass is 10.1. The zero-order valence-electron chi connectivity index (χ0n) is 18.2. The van der Waals surface area contributed by atoms with E-state index >= 15 is 0 Å². The van der Waals surface area contributed by atoms with Gasteiger partial charge in [-0.25, -0.2) is 4.39 Å². The number of rotatable bonds is 9. The quantitative estimate of drug-likeness (QED) is 0.435. The van der Waals surface area contributed by atoms with E-state index in [2.05, 4.69) is 0 Å². The summed E-state index contributed by atoms with van der Waals surface area (Å²) in [6, 6.07) is 21.3. The second-order valence-electron chi connectivity index (χ2n) is 7.46. The number of ether oxygens (including phenoxy) is 2. The van der Waals surface area contributed by atoms with E-state index in [1.165, 1.54) is 24.3 Å². The van der Waals surface area contributed by atoms with E-state index in [1.807, 2.05) is 62.4 Å². The van der Waals surface area contributed by atoms with Crippen molar-refractivity contribution in [2.24, 2.45) is 0 Å². The van der Waals surface area contributed by atoms with Crippen LogP contribution < -0.4 is 9.47 Å². The molecule has 0 N–H and O–H groups in total. The van der Waals surface area contributed by atoms with Crippen LogP contribution in [0.5, 0.6) is 11.5 Å². The van der Waals surface area contributed by atoms with Gasteiger partial charge in [-0.05, 0) is 60.9 Å². The van der Waals surface area contributed by atoms with Crippen molar-refractivity contribution in [3.05, 3.63) is 95.3 Å². The highest BCUT2D eigenvalue weighted by molar-refractivity contribution is 5.94. The van der Waals surface area contributed by atoms with Gasteiger partial charge in [0.15, 0.2) is 11.5 Å². The van der Waals surface area contributed by atoms with E-state index in [9.17, 15) is 9.18 Å². The SMILES string of the molecule is CCC(C)N(Cc1ccc(OC)c(OCc2ccccc2)c1)C(=O)c1ccc(F)cc1. The molecule has 3 rings (SSSR count). The monoisotopic (exact) mass is 421 g/mol. The highest BCUT2D eigenvalue weighted by Gasteiger charge is 2.21. The van der Waals surface area contributed by atoms with Crippen LogP contribution in [0.25, 0.3) is 0 Å². The van der Waals surface area contributed by atoms with E-state index in [1.54, 1.807) is 12.0 Å². The summed E-state index contributed by atoms with van der Waals surface area (Å²) in [7, 11) is 1.61. The van der Waals surface area contributed by atoms with Crippen molar-refractivity contribution in [3.63, 3.8) is 0 Å². The number of methoxy groups -OCH3 is 1. The fraction of sp³-hybridized carbons (Fsp3) is 0.269. The first-order valence-corrected chi connectivity index (χ1v) is 10.4. The summed E-state index contributed by atoms with van der Waals surface area (Å²) < 4.78 is 24.7. The Labute approximate surface area is 183 Å². The van der Waals surface area contributed by atoms with Crippen molar-refractivity contribution in [1.29, 1.82) is 0 Å². The summed E-state index contributed by atoms with van der Waals surface area (Å²) >= 11 is 0. The molecule has 1 atom stereocenters. The maximum atomic E-state index is 13.3. The molecule has 0 aliphatic heterocycles. The molecular weight excluding hydrogens is 393 g/mol. The molecule has 0 saturated heterocycles. The Morgan fingerprint density at radius 3 is 2.32 bits per heavy atom. The Kier molecular flexibility index (Phi) is 7.65. The van der Waals surface area contributed by atoms with Gasteiger partial charge in [0.05, 0.1) is 7.11 Å². The van der Waals surface area contributed by atoms with Gasteiger partial charge in [-0.15, -0.1) is 0 Å². The average Bonchev–Trinajstić information content (AvgIpc) is 2.81. The van der Waals surface area contributed by atoms with Gasteiger partial charge in [-0.3, -0.25) is 4.79 Å². The number of nitrogens with zero attached hydrogens (tertiary/aromatic N) is 1. The van der Waals surface area contributed by atoms with Crippen LogP contribution in [0.3, 0.4) is 0 Å². The van der Waals surface area contributed by atoms with Gasteiger partial charge < -0.3 is 14.4 Å². The fourth-order valence-electron chi connectivity index (χ4n) is 3.27. The Morgan fingerprint density at radius 2 is 1.68 bits per heavy atom. The predicted octanol–water partition coefficient (Wildman–Crippen LogP) is 5.85. The first kappa shape index (κ1) is 22.3. The predicted molar refractivity (Wildman–Crippen MR) is 120 cm³/mol. The number of amides is 1. The van der Waals surface area contributed by atoms with Crippen LogP contribution in [0.1, 0.15) is 41.8 Å². The molecule has 31 heavy (non-hydrogen) atoms. The van der Waals surface area contributed by atoms with E-state index in [0.29, 0.717) is 30.2 Å². The van der Waals surface area contributed by atoms with Gasteiger partial charge in [-0.2, -0.15) is 0 Å². The number of carbonyl (C=O) groups is 1. The Morgan fingerprint density at radius 1 is 0.968 bits per heavy atom. The minimum atomic E-state index is -0.359. The molecule has 3 aromatic rings. The van der Waals surface area contributed by atoms with Gasteiger partial charge in [0.2, 0.25) is 0 Å². The molecule has 0 aromatic heterocycles. The van der Waals surface area contributed by atoms with Gasteiger partial charge in [0, 0.05) is 18.2 Å². The minimum Gasteiger partial charge on any atom is -0.493 e. The van der Waals surface area contributed by atoms with E-state index in [4.69, 9.17) is 9.47 Å². The van der Waals surface area contributed by atoms with Crippen molar-refractivity contribution < 1.29 is 18.7 Å². The summed E-state index contributed by atoms with van der Waals surface area (Å²) in [5.74, 6) is 0.778. The molecule has 0 fully saturated rings. The molecule has 162 valence electrons. The van der Waals surface area contributed by atoms with Crippen LogP contribution in [0, 0.1) is 5.82 Å². The van der Waals surface area contributed by atoms with Crippen molar-refractivity contribution in [1.82, 2.24) is 4.90 Å². The van der Waals surface area contributed by atoms with Gasteiger partial charge in [0.1, 0.15) is 12.4 Å². The van der Waals surface area contributed by atoms with Gasteiger partial charge in [-0.1, -0.05) is 43.3 Å². The zero-order chi connectivity index (χ0) is 22.2. The molecular formula is C26H28FNO3. The average molecular weight is 422 g/mol. The Hall–Kier alpha value is -3.34. The molecule has 1 amide bonds. The molecule has 5 heteroatoms. The topological polar surface area (TPSA) is 38.8 Å². The van der Waals surface area contributed by atoms with Crippen LogP contribution >= 0.6 is 0 Å². The van der Waals surface area contributed by atoms with Crippen LogP contribution in [0.4, 0.5) is 4.39 Å². The lowest BCUT2D eigenvalue weighted by molar-refractivity contribution is 0.0671. The number of halogens is 1. The highest BCUT2D eigenvalue weighted by atomic mass is 19.1. The molecule has 4 nitrogen and oxygen atoms in total. The highest BCUT2D eigenvalue weighted by Crippen LogP contribution is 2.30. The summed E-state index contributed by atoms with van der Waals surface area (Å²) in [5, 5.41) is 0. The van der Waals surface area contributed by atoms with E-state index in [-0.39, 0.29) is 17.8 Å². The largest absolute Gasteiger partial charge is 0.493 e. The molecule has 0 bridgehead atoms. The number of hydrogen-bond donors (Lipinski definition) is 0. The maximum absolute atomic E-state index is 13.3. The fourth-order valence-corrected chi connectivity index (χ4v) is 3.27. The van der Waals surface area contributed by atoms with Crippen molar-refractivity contribution >= 4 is 5.91 Å². The Bertz CT molecular complexity index is 989. The van der Waals surface area contributed by atoms with Crippen LogP contribution in [-0.4, -0.2) is 24.0 Å². The lowest BCUT2D eigenvalue weighted by Gasteiger charge is -2.29. The van der Waals surface area contributed by atoms with Crippen molar-refractivity contribution in [2.75, 3.05) is 7.11 Å². The van der Waals surface area contributed by atoms with Crippen LogP contribution in [0.2, 0.25) is 0 Å². The second kappa shape index (κ2) is 10.6. The molecule has 0 spiro atoms. The standard InChI is InChI=1S/C26H28FNO3/c1-4-19(2)28(26(29)22-11-13-23(27)14-12-22)17-21-10-15-24(30-3)25(16-21)31-18-20-8-6-5-7-9-20/h5-16,19H,4,17-18H2,1-3H3. The first-order chi connectivity index (χ1) is 15.0. The number of benzene rings is 3. The van der Waals surface area contributed by atoms with Crippen molar-refractivity contribution in [2.45, 2.75) is 39.5 Å². The molecule has 0 radical (unpaired) electrons. The van der Waals surface area contributed by atoms with Gasteiger partial charge in [0.25, 0.3) is 5.91 Å². The molecule has 0 heterocycles. The summed E-state index contributed by atoms with van der Waals surface area (Å²) in [6.07, 6.45) is 0.806. The minimum absolute atomic E-state index is 0.0216. The van der Waals surface area contributed by atoms with Crippen LogP contribution in [-0.2, 0) is 13.2 Å².